The van der Waals surface area contributed by atoms with Gasteiger partial charge in [0.1, 0.15) is 5.58 Å². The van der Waals surface area contributed by atoms with Gasteiger partial charge < -0.3 is 9.73 Å². The Morgan fingerprint density at radius 1 is 1.09 bits per heavy atom. The predicted molar refractivity (Wildman–Crippen MR) is 90.1 cm³/mol. The number of carbonyl (C=O) groups is 2. The molecular formula is C18H14ClNO3. The second-order valence-electron chi connectivity index (χ2n) is 5.28. The van der Waals surface area contributed by atoms with E-state index in [0.717, 1.165) is 10.9 Å². The zero-order valence-corrected chi connectivity index (χ0v) is 13.4. The van der Waals surface area contributed by atoms with E-state index in [0.29, 0.717) is 27.6 Å². The van der Waals surface area contributed by atoms with Crippen LogP contribution in [0.3, 0.4) is 0 Å². The zero-order chi connectivity index (χ0) is 16.6. The minimum Gasteiger partial charge on any atom is -0.452 e. The van der Waals surface area contributed by atoms with Gasteiger partial charge in [0.2, 0.25) is 11.7 Å². The van der Waals surface area contributed by atoms with Crippen molar-refractivity contribution in [3.05, 3.63) is 64.4 Å². The standard InChI is InChI=1S/C18H14ClNO3/c1-10-15-9-14(20-11(2)21)7-8-16(15)23-18(10)17(22)12-3-5-13(19)6-4-12/h3-9H,1-2H3,(H,20,21). The lowest BCUT2D eigenvalue weighted by molar-refractivity contribution is -0.114. The first-order valence-electron chi connectivity index (χ1n) is 7.06. The summed E-state index contributed by atoms with van der Waals surface area (Å²) in [5.74, 6) is -0.0540. The van der Waals surface area contributed by atoms with Gasteiger partial charge in [0, 0.05) is 34.1 Å². The van der Waals surface area contributed by atoms with Crippen molar-refractivity contribution >= 4 is 39.9 Å². The number of halogens is 1. The van der Waals surface area contributed by atoms with E-state index in [2.05, 4.69) is 5.32 Å². The monoisotopic (exact) mass is 327 g/mol. The number of anilines is 1. The summed E-state index contributed by atoms with van der Waals surface area (Å²) >= 11 is 5.85. The molecule has 0 unspecified atom stereocenters. The van der Waals surface area contributed by atoms with Crippen molar-refractivity contribution in [3.63, 3.8) is 0 Å². The normalized spacial score (nSPS) is 10.7. The number of rotatable bonds is 3. The number of furan rings is 1. The van der Waals surface area contributed by atoms with E-state index in [4.69, 9.17) is 16.0 Å². The van der Waals surface area contributed by atoms with Gasteiger partial charge in [-0.1, -0.05) is 11.6 Å². The summed E-state index contributed by atoms with van der Waals surface area (Å²) in [7, 11) is 0. The van der Waals surface area contributed by atoms with Gasteiger partial charge in [-0.2, -0.15) is 0 Å². The second-order valence-corrected chi connectivity index (χ2v) is 5.72. The van der Waals surface area contributed by atoms with Crippen molar-refractivity contribution in [1.29, 1.82) is 0 Å². The Labute approximate surface area is 138 Å². The predicted octanol–water partition coefficient (Wildman–Crippen LogP) is 4.58. The third-order valence-corrected chi connectivity index (χ3v) is 3.82. The number of carbonyl (C=O) groups excluding carboxylic acids is 2. The number of nitrogens with one attached hydrogen (secondary N) is 1. The SMILES string of the molecule is CC(=O)Nc1ccc2oc(C(=O)c3ccc(Cl)cc3)c(C)c2c1. The molecule has 2 aromatic carbocycles. The van der Waals surface area contributed by atoms with Crippen LogP contribution in [0, 0.1) is 6.92 Å². The third-order valence-electron chi connectivity index (χ3n) is 3.57. The van der Waals surface area contributed by atoms with Crippen LogP contribution in [-0.4, -0.2) is 11.7 Å². The summed E-state index contributed by atoms with van der Waals surface area (Å²) in [5.41, 5.74) is 2.53. The van der Waals surface area contributed by atoms with Crippen molar-refractivity contribution in [2.24, 2.45) is 0 Å². The Morgan fingerprint density at radius 3 is 2.43 bits per heavy atom. The maximum atomic E-state index is 12.6. The number of hydrogen-bond acceptors (Lipinski definition) is 3. The first kappa shape index (κ1) is 15.3. The fourth-order valence-electron chi connectivity index (χ4n) is 2.45. The highest BCUT2D eigenvalue weighted by Gasteiger charge is 2.19. The topological polar surface area (TPSA) is 59.3 Å². The highest BCUT2D eigenvalue weighted by Crippen LogP contribution is 2.29. The molecule has 0 aliphatic carbocycles. The lowest BCUT2D eigenvalue weighted by atomic mass is 10.0. The van der Waals surface area contributed by atoms with Crippen LogP contribution in [0.5, 0.6) is 0 Å². The highest BCUT2D eigenvalue weighted by atomic mass is 35.5. The van der Waals surface area contributed by atoms with E-state index < -0.39 is 0 Å². The van der Waals surface area contributed by atoms with Crippen LogP contribution in [0.1, 0.15) is 28.6 Å². The van der Waals surface area contributed by atoms with Crippen LogP contribution in [0.2, 0.25) is 5.02 Å². The van der Waals surface area contributed by atoms with E-state index in [1.807, 2.05) is 6.92 Å². The quantitative estimate of drug-likeness (QED) is 0.716. The molecule has 0 saturated heterocycles. The molecule has 23 heavy (non-hydrogen) atoms. The summed E-state index contributed by atoms with van der Waals surface area (Å²) in [6.45, 7) is 3.27. The van der Waals surface area contributed by atoms with Crippen LogP contribution in [0.15, 0.2) is 46.9 Å². The first-order chi connectivity index (χ1) is 11.0. The molecule has 0 spiro atoms. The van der Waals surface area contributed by atoms with Crippen molar-refractivity contribution in [2.45, 2.75) is 13.8 Å². The molecule has 3 aromatic rings. The van der Waals surface area contributed by atoms with Crippen LogP contribution in [0.4, 0.5) is 5.69 Å². The summed E-state index contributed by atoms with van der Waals surface area (Å²) in [6, 6.07) is 12.0. The van der Waals surface area contributed by atoms with Gasteiger partial charge in [0.25, 0.3) is 0 Å². The number of hydrogen-bond donors (Lipinski definition) is 1. The van der Waals surface area contributed by atoms with Gasteiger partial charge in [0.15, 0.2) is 5.76 Å². The number of benzene rings is 2. The maximum absolute atomic E-state index is 12.6. The minimum atomic E-state index is -0.198. The molecule has 0 aliphatic heterocycles. The summed E-state index contributed by atoms with van der Waals surface area (Å²) in [6.07, 6.45) is 0. The van der Waals surface area contributed by atoms with Crippen molar-refractivity contribution < 1.29 is 14.0 Å². The zero-order valence-electron chi connectivity index (χ0n) is 12.6. The van der Waals surface area contributed by atoms with Gasteiger partial charge in [-0.05, 0) is 49.4 Å². The Bertz CT molecular complexity index is 910. The van der Waals surface area contributed by atoms with Gasteiger partial charge >= 0.3 is 0 Å². The largest absolute Gasteiger partial charge is 0.452 e. The molecule has 1 aromatic heterocycles. The van der Waals surface area contributed by atoms with Gasteiger partial charge in [-0.25, -0.2) is 0 Å². The number of aryl methyl sites for hydroxylation is 1. The van der Waals surface area contributed by atoms with Crippen molar-refractivity contribution in [3.8, 4) is 0 Å². The molecule has 0 radical (unpaired) electrons. The fraction of sp³-hybridized carbons (Fsp3) is 0.111. The van der Waals surface area contributed by atoms with Crippen LogP contribution in [-0.2, 0) is 4.79 Å². The average Bonchev–Trinajstić information content (AvgIpc) is 2.84. The molecule has 4 nitrogen and oxygen atoms in total. The Hall–Kier alpha value is -2.59. The molecule has 1 amide bonds. The Kier molecular flexibility index (Phi) is 3.92. The van der Waals surface area contributed by atoms with E-state index >= 15 is 0 Å². The number of fused-ring (bicyclic) bond motifs is 1. The summed E-state index contributed by atoms with van der Waals surface area (Å²) < 4.78 is 5.71. The Balaban J connectivity index is 2.04. The second kappa shape index (κ2) is 5.89. The fourth-order valence-corrected chi connectivity index (χ4v) is 2.58. The number of ketones is 1. The molecule has 0 saturated carbocycles. The molecular weight excluding hydrogens is 314 g/mol. The van der Waals surface area contributed by atoms with Crippen LogP contribution < -0.4 is 5.32 Å². The smallest absolute Gasteiger partial charge is 0.228 e. The van der Waals surface area contributed by atoms with Crippen molar-refractivity contribution in [1.82, 2.24) is 0 Å². The van der Waals surface area contributed by atoms with E-state index in [-0.39, 0.29) is 11.7 Å². The molecule has 0 atom stereocenters. The molecule has 1 N–H and O–H groups in total. The van der Waals surface area contributed by atoms with Crippen LogP contribution in [0.25, 0.3) is 11.0 Å². The van der Waals surface area contributed by atoms with Gasteiger partial charge in [-0.15, -0.1) is 0 Å². The third kappa shape index (κ3) is 2.98. The lowest BCUT2D eigenvalue weighted by Crippen LogP contribution is -2.05. The first-order valence-corrected chi connectivity index (χ1v) is 7.44. The molecule has 5 heteroatoms. The molecule has 0 bridgehead atoms. The van der Waals surface area contributed by atoms with E-state index in [1.165, 1.54) is 6.92 Å². The van der Waals surface area contributed by atoms with E-state index in [1.54, 1.807) is 42.5 Å². The lowest BCUT2D eigenvalue weighted by Gasteiger charge is -2.01. The average molecular weight is 328 g/mol. The number of amides is 1. The molecule has 3 rings (SSSR count). The van der Waals surface area contributed by atoms with Crippen molar-refractivity contribution in [2.75, 3.05) is 5.32 Å². The molecule has 1 heterocycles. The maximum Gasteiger partial charge on any atom is 0.228 e. The van der Waals surface area contributed by atoms with Gasteiger partial charge in [-0.3, -0.25) is 9.59 Å². The van der Waals surface area contributed by atoms with E-state index in [9.17, 15) is 9.59 Å². The highest BCUT2D eigenvalue weighted by molar-refractivity contribution is 6.30. The summed E-state index contributed by atoms with van der Waals surface area (Å²) in [4.78, 5) is 23.8. The Morgan fingerprint density at radius 2 is 1.78 bits per heavy atom. The molecule has 0 aliphatic rings. The van der Waals surface area contributed by atoms with Gasteiger partial charge in [0.05, 0.1) is 0 Å². The molecule has 116 valence electrons. The minimum absolute atomic E-state index is 0.150. The van der Waals surface area contributed by atoms with Crippen LogP contribution >= 0.6 is 11.6 Å². The molecule has 0 fully saturated rings. The summed E-state index contributed by atoms with van der Waals surface area (Å²) in [5, 5.41) is 4.09.